The molecule has 0 radical (unpaired) electrons. The third-order valence-electron chi connectivity index (χ3n) is 9.27. The van der Waals surface area contributed by atoms with Gasteiger partial charge in [0.1, 0.15) is 17.2 Å². The van der Waals surface area contributed by atoms with Crippen LogP contribution in [-0.2, 0) is 24.3 Å². The second kappa shape index (κ2) is 9.32. The first-order valence-corrected chi connectivity index (χ1v) is 13.7. The summed E-state index contributed by atoms with van der Waals surface area (Å²) >= 11 is 0. The van der Waals surface area contributed by atoms with Crippen molar-refractivity contribution in [2.24, 2.45) is 5.92 Å². The fraction of sp³-hybridized carbons (Fsp3) is 0.667. The summed E-state index contributed by atoms with van der Waals surface area (Å²) < 4.78 is 16.6. The normalized spacial score (nSPS) is 28.8. The molecule has 1 unspecified atom stereocenters. The molecule has 0 saturated heterocycles. The molecule has 1 aromatic heterocycles. The highest BCUT2D eigenvalue weighted by Crippen LogP contribution is 2.45. The van der Waals surface area contributed by atoms with E-state index in [4.69, 9.17) is 0 Å². The summed E-state index contributed by atoms with van der Waals surface area (Å²) in [5.41, 5.74) is 1.56. The second-order valence-electron chi connectivity index (χ2n) is 11.4. The predicted octanol–water partition coefficient (Wildman–Crippen LogP) is 3.25. The molecule has 194 valence electrons. The number of carbonyl (C=O) groups excluding carboxylic acids is 1. The van der Waals surface area contributed by atoms with Crippen LogP contribution in [0.2, 0.25) is 0 Å². The summed E-state index contributed by atoms with van der Waals surface area (Å²) in [4.78, 5) is 28.4. The molecule has 3 atom stereocenters. The number of hydrogen-bond acceptors (Lipinski definition) is 5. The highest BCUT2D eigenvalue weighted by atomic mass is 19.1. The van der Waals surface area contributed by atoms with Crippen LogP contribution >= 0.6 is 0 Å². The molecule has 0 bridgehead atoms. The third kappa shape index (κ3) is 4.05. The van der Waals surface area contributed by atoms with Crippen molar-refractivity contribution in [2.45, 2.75) is 102 Å². The lowest BCUT2D eigenvalue weighted by Crippen LogP contribution is -2.60. The van der Waals surface area contributed by atoms with Crippen molar-refractivity contribution in [3.05, 3.63) is 45.4 Å². The molecule has 2 saturated carbocycles. The van der Waals surface area contributed by atoms with Gasteiger partial charge in [-0.3, -0.25) is 14.3 Å². The lowest BCUT2D eigenvalue weighted by Gasteiger charge is -2.42. The van der Waals surface area contributed by atoms with Crippen molar-refractivity contribution in [3.8, 4) is 0 Å². The molecule has 3 N–H and O–H groups in total. The lowest BCUT2D eigenvalue weighted by molar-refractivity contribution is -0.128. The molecule has 2 aliphatic carbocycles. The van der Waals surface area contributed by atoms with Gasteiger partial charge in [0.25, 0.3) is 0 Å². The molecular formula is C27H37FN6O2. The molecule has 36 heavy (non-hydrogen) atoms. The molecule has 0 spiro atoms. The average molecular weight is 497 g/mol. The summed E-state index contributed by atoms with van der Waals surface area (Å²) in [6, 6.07) is 3.78. The summed E-state index contributed by atoms with van der Waals surface area (Å²) in [6.45, 7) is 4.12. The summed E-state index contributed by atoms with van der Waals surface area (Å²) in [6.07, 6.45) is 9.87. The lowest BCUT2D eigenvalue weighted by atomic mass is 9.72. The Bertz CT molecular complexity index is 1170. The van der Waals surface area contributed by atoms with Crippen LogP contribution < -0.4 is 16.3 Å². The molecular weight excluding hydrogens is 459 g/mol. The average Bonchev–Trinajstić information content (AvgIpc) is 3.50. The van der Waals surface area contributed by atoms with Crippen molar-refractivity contribution < 1.29 is 9.18 Å². The number of nitrogens with zero attached hydrogens (tertiary/aromatic N) is 3. The molecule has 2 fully saturated rings. The molecule has 9 heteroatoms. The maximum atomic E-state index is 14.9. The second-order valence-corrected chi connectivity index (χ2v) is 11.4. The number of rotatable bonds is 4. The quantitative estimate of drug-likeness (QED) is 0.604. The Morgan fingerprint density at radius 2 is 1.97 bits per heavy atom. The van der Waals surface area contributed by atoms with Gasteiger partial charge in [0.2, 0.25) is 5.91 Å². The minimum absolute atomic E-state index is 0.0369. The molecule has 1 aromatic carbocycles. The Hall–Kier alpha value is -2.68. The van der Waals surface area contributed by atoms with Crippen LogP contribution in [0.4, 0.5) is 10.1 Å². The molecule has 6 rings (SSSR count). The summed E-state index contributed by atoms with van der Waals surface area (Å²) in [5.74, 6) is 0.817. The maximum Gasteiger partial charge on any atom is 0.343 e. The number of aryl methyl sites for hydroxylation is 1. The Morgan fingerprint density at radius 3 is 2.78 bits per heavy atom. The van der Waals surface area contributed by atoms with E-state index in [0.29, 0.717) is 31.1 Å². The topological polar surface area (TPSA) is 95.1 Å². The number of anilines is 1. The van der Waals surface area contributed by atoms with Gasteiger partial charge in [-0.2, -0.15) is 5.10 Å². The Balaban J connectivity index is 1.19. The molecule has 1 amide bonds. The van der Waals surface area contributed by atoms with Crippen molar-refractivity contribution >= 4 is 11.6 Å². The van der Waals surface area contributed by atoms with Crippen LogP contribution in [0.25, 0.3) is 0 Å². The first-order valence-electron chi connectivity index (χ1n) is 13.7. The van der Waals surface area contributed by atoms with Crippen LogP contribution in [-0.4, -0.2) is 49.7 Å². The summed E-state index contributed by atoms with van der Waals surface area (Å²) in [7, 11) is 0. The van der Waals surface area contributed by atoms with Crippen molar-refractivity contribution in [1.82, 2.24) is 25.0 Å². The van der Waals surface area contributed by atoms with E-state index in [0.717, 1.165) is 75.0 Å². The Kier molecular flexibility index (Phi) is 6.14. The number of nitrogens with one attached hydrogen (secondary N) is 3. The van der Waals surface area contributed by atoms with E-state index in [1.54, 1.807) is 10.6 Å². The van der Waals surface area contributed by atoms with E-state index >= 15 is 0 Å². The number of hydrogen-bond donors (Lipinski definition) is 3. The van der Waals surface area contributed by atoms with Crippen molar-refractivity contribution in [3.63, 3.8) is 0 Å². The van der Waals surface area contributed by atoms with Gasteiger partial charge in [0.05, 0.1) is 6.54 Å². The number of halogens is 1. The largest absolute Gasteiger partial charge is 0.370 e. The predicted molar refractivity (Wildman–Crippen MR) is 135 cm³/mol. The number of aromatic nitrogens is 3. The Labute approximate surface area is 211 Å². The zero-order valence-electron chi connectivity index (χ0n) is 21.1. The van der Waals surface area contributed by atoms with Crippen LogP contribution in [0.3, 0.4) is 0 Å². The highest BCUT2D eigenvalue weighted by Gasteiger charge is 2.51. The number of H-pyrrole nitrogens is 1. The minimum Gasteiger partial charge on any atom is -0.370 e. The zero-order valence-corrected chi connectivity index (χ0v) is 21.1. The monoisotopic (exact) mass is 496 g/mol. The van der Waals surface area contributed by atoms with Gasteiger partial charge >= 0.3 is 5.69 Å². The number of amides is 1. The molecule has 8 nitrogen and oxygen atoms in total. The number of carbonyl (C=O) groups is 1. The van der Waals surface area contributed by atoms with Gasteiger partial charge in [0.15, 0.2) is 0 Å². The standard InChI is InChI=1S/C27H37FN6O2/c1-17-10-11-22(28)21-15-27(30-24(17)21,18-6-3-2-4-7-18)25(35)29-19-8-5-9-20(14-19)33-12-13-34-23(16-33)31-32-26(34)36/h10-11,18-20,30H,2-9,12-16H2,1H3,(H,29,35)(H,32,36)/t19-,20-,27?/m1/s1. The third-order valence-corrected chi connectivity index (χ3v) is 9.27. The summed E-state index contributed by atoms with van der Waals surface area (Å²) in [5, 5.41) is 13.8. The van der Waals surface area contributed by atoms with E-state index in [9.17, 15) is 14.0 Å². The van der Waals surface area contributed by atoms with Gasteiger partial charge in [-0.15, -0.1) is 0 Å². The van der Waals surface area contributed by atoms with Gasteiger partial charge in [-0.1, -0.05) is 25.3 Å². The molecule has 3 heterocycles. The number of benzene rings is 1. The van der Waals surface area contributed by atoms with Gasteiger partial charge in [-0.05, 0) is 63.0 Å². The first-order chi connectivity index (χ1) is 17.4. The van der Waals surface area contributed by atoms with Crippen LogP contribution in [0.15, 0.2) is 16.9 Å². The van der Waals surface area contributed by atoms with Crippen molar-refractivity contribution in [2.75, 3.05) is 11.9 Å². The fourth-order valence-electron chi connectivity index (χ4n) is 7.24. The van der Waals surface area contributed by atoms with Crippen LogP contribution in [0.1, 0.15) is 74.7 Å². The molecule has 2 aromatic rings. The van der Waals surface area contributed by atoms with Gasteiger partial charge < -0.3 is 10.6 Å². The van der Waals surface area contributed by atoms with E-state index in [1.807, 2.05) is 6.92 Å². The minimum atomic E-state index is -0.779. The maximum absolute atomic E-state index is 14.9. The van der Waals surface area contributed by atoms with Gasteiger partial charge in [0, 0.05) is 42.8 Å². The van der Waals surface area contributed by atoms with Crippen LogP contribution in [0, 0.1) is 18.7 Å². The van der Waals surface area contributed by atoms with E-state index in [2.05, 4.69) is 25.7 Å². The SMILES string of the molecule is Cc1ccc(F)c2c1NC(C(=O)N[C@@H]1CCC[C@@H](N3CCn4c(n[nH]c4=O)C3)C1)(C1CCCCC1)C2. The molecule has 4 aliphatic rings. The first kappa shape index (κ1) is 23.7. The van der Waals surface area contributed by atoms with Gasteiger partial charge in [-0.25, -0.2) is 14.3 Å². The number of fused-ring (bicyclic) bond motifs is 2. The fourth-order valence-corrected chi connectivity index (χ4v) is 7.24. The van der Waals surface area contributed by atoms with E-state index in [1.165, 1.54) is 12.5 Å². The van der Waals surface area contributed by atoms with Crippen LogP contribution in [0.5, 0.6) is 0 Å². The smallest absolute Gasteiger partial charge is 0.343 e. The Morgan fingerprint density at radius 1 is 1.14 bits per heavy atom. The van der Waals surface area contributed by atoms with Crippen molar-refractivity contribution in [1.29, 1.82) is 0 Å². The van der Waals surface area contributed by atoms with E-state index < -0.39 is 5.54 Å². The zero-order chi connectivity index (χ0) is 24.9. The molecule has 2 aliphatic heterocycles. The van der Waals surface area contributed by atoms with E-state index in [-0.39, 0.29) is 29.4 Å². The highest BCUT2D eigenvalue weighted by molar-refractivity contribution is 5.93. The number of aromatic amines is 1.